The van der Waals surface area contributed by atoms with E-state index in [0.717, 1.165) is 5.69 Å². The number of hydrogen-bond acceptors (Lipinski definition) is 6. The third kappa shape index (κ3) is 2.50. The van der Waals surface area contributed by atoms with Gasteiger partial charge in [0, 0.05) is 29.4 Å². The van der Waals surface area contributed by atoms with E-state index in [1.165, 1.54) is 12.1 Å². The second kappa shape index (κ2) is 5.93. The van der Waals surface area contributed by atoms with E-state index in [9.17, 15) is 15.4 Å². The van der Waals surface area contributed by atoms with Crippen molar-refractivity contribution in [1.82, 2.24) is 0 Å². The van der Waals surface area contributed by atoms with Crippen molar-refractivity contribution in [1.29, 1.82) is 5.26 Å². The number of fused-ring (bicyclic) bond motifs is 1. The fourth-order valence-electron chi connectivity index (χ4n) is 2.72. The Labute approximate surface area is 138 Å². The number of ether oxygens (including phenoxy) is 1. The molecule has 2 aromatic rings. The summed E-state index contributed by atoms with van der Waals surface area (Å²) in [6, 6.07) is 13.8. The minimum Gasteiger partial charge on any atom is -0.497 e. The smallest absolute Gasteiger partial charge is 0.269 e. The molecule has 0 amide bonds. The van der Waals surface area contributed by atoms with Crippen molar-refractivity contribution in [2.24, 2.45) is 5.73 Å². The molecule has 0 aliphatic carbocycles. The third-order valence-corrected chi connectivity index (χ3v) is 3.92. The molecule has 0 radical (unpaired) electrons. The fourth-order valence-corrected chi connectivity index (χ4v) is 2.72. The summed E-state index contributed by atoms with van der Waals surface area (Å²) in [5.41, 5.74) is 8.51. The molecule has 24 heavy (non-hydrogen) atoms. The van der Waals surface area contributed by atoms with Gasteiger partial charge >= 0.3 is 0 Å². The van der Waals surface area contributed by atoms with Crippen LogP contribution in [0, 0.1) is 21.4 Å². The summed E-state index contributed by atoms with van der Waals surface area (Å²) in [4.78, 5) is 12.3. The second-order valence-electron chi connectivity index (χ2n) is 5.26. The third-order valence-electron chi connectivity index (χ3n) is 3.92. The van der Waals surface area contributed by atoms with Crippen LogP contribution in [0.3, 0.4) is 0 Å². The predicted molar refractivity (Wildman–Crippen MR) is 89.0 cm³/mol. The highest BCUT2D eigenvalue weighted by Gasteiger charge is 2.26. The number of allylic oxidation sites excluding steroid dienone is 1. The van der Waals surface area contributed by atoms with Crippen LogP contribution in [0.2, 0.25) is 0 Å². The standard InChI is InChI=1S/C17H14N4O3/c1-24-14-4-2-3-12(8-14)20-10-11-7-13(21(22)23)5-6-15(11)16(9-18)17(20)19/h2-8H,10,19H2,1H3. The molecule has 7 heteroatoms. The summed E-state index contributed by atoms with van der Waals surface area (Å²) in [6.07, 6.45) is 0. The number of nitrogens with two attached hydrogens (primary N) is 1. The topological polar surface area (TPSA) is 105 Å². The molecule has 120 valence electrons. The van der Waals surface area contributed by atoms with E-state index in [4.69, 9.17) is 10.5 Å². The highest BCUT2D eigenvalue weighted by Crippen LogP contribution is 2.35. The lowest BCUT2D eigenvalue weighted by Crippen LogP contribution is -2.32. The van der Waals surface area contributed by atoms with Gasteiger partial charge in [-0.1, -0.05) is 6.07 Å². The van der Waals surface area contributed by atoms with Crippen LogP contribution in [-0.4, -0.2) is 12.0 Å². The van der Waals surface area contributed by atoms with Crippen LogP contribution in [-0.2, 0) is 6.54 Å². The molecule has 3 rings (SSSR count). The summed E-state index contributed by atoms with van der Waals surface area (Å²) >= 11 is 0. The SMILES string of the molecule is COc1cccc(N2Cc3cc([N+](=O)[O-])ccc3C(C#N)=C2N)c1. The summed E-state index contributed by atoms with van der Waals surface area (Å²) in [6.45, 7) is 0.335. The summed E-state index contributed by atoms with van der Waals surface area (Å²) in [5.74, 6) is 0.968. The largest absolute Gasteiger partial charge is 0.497 e. The maximum atomic E-state index is 11.0. The van der Waals surface area contributed by atoms with Gasteiger partial charge in [-0.3, -0.25) is 10.1 Å². The first-order valence-electron chi connectivity index (χ1n) is 7.14. The summed E-state index contributed by atoms with van der Waals surface area (Å²) in [5, 5.41) is 20.5. The molecule has 2 N–H and O–H groups in total. The normalized spacial score (nSPS) is 13.2. The molecule has 0 atom stereocenters. The summed E-state index contributed by atoms with van der Waals surface area (Å²) < 4.78 is 5.22. The van der Waals surface area contributed by atoms with Gasteiger partial charge in [0.2, 0.25) is 0 Å². The van der Waals surface area contributed by atoms with Gasteiger partial charge in [0.25, 0.3) is 5.69 Å². The van der Waals surface area contributed by atoms with Crippen molar-refractivity contribution < 1.29 is 9.66 Å². The number of non-ortho nitro benzene ring substituents is 1. The first-order valence-corrected chi connectivity index (χ1v) is 7.14. The predicted octanol–water partition coefficient (Wildman–Crippen LogP) is 2.77. The maximum Gasteiger partial charge on any atom is 0.269 e. The van der Waals surface area contributed by atoms with Crippen LogP contribution >= 0.6 is 0 Å². The lowest BCUT2D eigenvalue weighted by atomic mass is 9.95. The van der Waals surface area contributed by atoms with Crippen molar-refractivity contribution in [3.63, 3.8) is 0 Å². The van der Waals surface area contributed by atoms with E-state index in [1.54, 1.807) is 30.2 Å². The number of nitriles is 1. The number of nitro benzene ring substituents is 1. The Bertz CT molecular complexity index is 899. The first-order chi connectivity index (χ1) is 11.5. The van der Waals surface area contributed by atoms with Crippen molar-refractivity contribution in [2.45, 2.75) is 6.54 Å². The lowest BCUT2D eigenvalue weighted by molar-refractivity contribution is -0.384. The zero-order chi connectivity index (χ0) is 17.3. The average Bonchev–Trinajstić information content (AvgIpc) is 2.60. The van der Waals surface area contributed by atoms with Gasteiger partial charge < -0.3 is 15.4 Å². The van der Waals surface area contributed by atoms with Gasteiger partial charge in [-0.2, -0.15) is 5.26 Å². The van der Waals surface area contributed by atoms with E-state index in [0.29, 0.717) is 34.8 Å². The van der Waals surface area contributed by atoms with E-state index in [-0.39, 0.29) is 5.69 Å². The van der Waals surface area contributed by atoms with E-state index < -0.39 is 4.92 Å². The Morgan fingerprint density at radius 3 is 2.79 bits per heavy atom. The highest BCUT2D eigenvalue weighted by atomic mass is 16.6. The Morgan fingerprint density at radius 1 is 1.33 bits per heavy atom. The molecule has 7 nitrogen and oxygen atoms in total. The zero-order valence-electron chi connectivity index (χ0n) is 12.9. The van der Waals surface area contributed by atoms with Crippen LogP contribution in [0.4, 0.5) is 11.4 Å². The van der Waals surface area contributed by atoms with Gasteiger partial charge in [-0.15, -0.1) is 0 Å². The molecule has 2 aromatic carbocycles. The summed E-state index contributed by atoms with van der Waals surface area (Å²) in [7, 11) is 1.56. The zero-order valence-corrected chi connectivity index (χ0v) is 12.9. The Hall–Kier alpha value is -3.53. The molecule has 1 heterocycles. The fraction of sp³-hybridized carbons (Fsp3) is 0.118. The number of hydrogen-bond donors (Lipinski definition) is 1. The van der Waals surface area contributed by atoms with Crippen LogP contribution in [0.1, 0.15) is 11.1 Å². The van der Waals surface area contributed by atoms with Crippen molar-refractivity contribution in [2.75, 3.05) is 12.0 Å². The molecule has 0 spiro atoms. The van der Waals surface area contributed by atoms with Gasteiger partial charge in [0.15, 0.2) is 0 Å². The van der Waals surface area contributed by atoms with Gasteiger partial charge in [0.05, 0.1) is 24.2 Å². The minimum atomic E-state index is -0.454. The van der Waals surface area contributed by atoms with E-state index in [1.807, 2.05) is 12.1 Å². The van der Waals surface area contributed by atoms with Crippen molar-refractivity contribution in [3.05, 3.63) is 69.5 Å². The van der Waals surface area contributed by atoms with Gasteiger partial charge in [0.1, 0.15) is 17.6 Å². The molecule has 0 unspecified atom stereocenters. The molecule has 1 aliphatic heterocycles. The molecular weight excluding hydrogens is 308 g/mol. The number of rotatable bonds is 3. The molecule has 1 aliphatic rings. The van der Waals surface area contributed by atoms with E-state index in [2.05, 4.69) is 6.07 Å². The number of nitrogens with zero attached hydrogens (tertiary/aromatic N) is 3. The minimum absolute atomic E-state index is 0.0166. The quantitative estimate of drug-likeness (QED) is 0.688. The van der Waals surface area contributed by atoms with Crippen LogP contribution in [0.5, 0.6) is 5.75 Å². The molecule has 0 bridgehead atoms. The van der Waals surface area contributed by atoms with Crippen molar-refractivity contribution in [3.8, 4) is 11.8 Å². The molecule has 0 saturated heterocycles. The highest BCUT2D eigenvalue weighted by molar-refractivity contribution is 5.86. The van der Waals surface area contributed by atoms with E-state index >= 15 is 0 Å². The van der Waals surface area contributed by atoms with Crippen molar-refractivity contribution >= 4 is 16.9 Å². The number of nitro groups is 1. The lowest BCUT2D eigenvalue weighted by Gasteiger charge is -2.31. The first kappa shape index (κ1) is 15.4. The van der Waals surface area contributed by atoms with Crippen LogP contribution in [0.25, 0.3) is 5.57 Å². The number of benzene rings is 2. The van der Waals surface area contributed by atoms with Crippen LogP contribution < -0.4 is 15.4 Å². The molecular formula is C17H14N4O3. The maximum absolute atomic E-state index is 11.0. The van der Waals surface area contributed by atoms with Gasteiger partial charge in [-0.05, 0) is 23.8 Å². The Morgan fingerprint density at radius 2 is 2.12 bits per heavy atom. The van der Waals surface area contributed by atoms with Gasteiger partial charge in [-0.25, -0.2) is 0 Å². The molecule has 0 aromatic heterocycles. The van der Waals surface area contributed by atoms with Crippen LogP contribution in [0.15, 0.2) is 48.3 Å². The Balaban J connectivity index is 2.13. The Kier molecular flexibility index (Phi) is 3.80. The number of methoxy groups -OCH3 is 1. The molecule has 0 fully saturated rings. The molecule has 0 saturated carbocycles. The average molecular weight is 322 g/mol. The monoisotopic (exact) mass is 322 g/mol. The number of anilines is 1. The second-order valence-corrected chi connectivity index (χ2v) is 5.26.